The van der Waals surface area contributed by atoms with Crippen LogP contribution in [0.25, 0.3) is 0 Å². The van der Waals surface area contributed by atoms with Crippen LogP contribution in [-0.4, -0.2) is 42.7 Å². The molecule has 1 saturated heterocycles. The van der Waals surface area contributed by atoms with Gasteiger partial charge in [-0.1, -0.05) is 23.2 Å². The number of carbonyl (C=O) groups excluding carboxylic acids is 1. The number of likely N-dealkylation sites (tertiary alicyclic amines) is 1. The third-order valence-corrected chi connectivity index (χ3v) is 4.38. The van der Waals surface area contributed by atoms with E-state index in [1.807, 2.05) is 7.05 Å². The standard InChI is InChI=1S/C13H15Cl2NO3/c1-16-5-8(4-9(16)6-19-7-17)12-11(18)3-2-10(14)13(12)15/h2-3,7-9,18H,4-6H2,1H3. The van der Waals surface area contributed by atoms with Crippen LogP contribution >= 0.6 is 23.2 Å². The molecule has 6 heteroatoms. The molecule has 2 atom stereocenters. The molecule has 1 fully saturated rings. The first-order valence-electron chi connectivity index (χ1n) is 5.97. The highest BCUT2D eigenvalue weighted by molar-refractivity contribution is 6.42. The summed E-state index contributed by atoms with van der Waals surface area (Å²) in [4.78, 5) is 12.3. The Morgan fingerprint density at radius 2 is 2.26 bits per heavy atom. The zero-order valence-corrected chi connectivity index (χ0v) is 12.0. The van der Waals surface area contributed by atoms with E-state index in [1.165, 1.54) is 0 Å². The molecule has 104 valence electrons. The highest BCUT2D eigenvalue weighted by Crippen LogP contribution is 2.42. The van der Waals surface area contributed by atoms with Crippen LogP contribution in [-0.2, 0) is 9.53 Å². The number of phenolic OH excluding ortho intramolecular Hbond substituents is 1. The van der Waals surface area contributed by atoms with E-state index in [-0.39, 0.29) is 17.7 Å². The molecular weight excluding hydrogens is 289 g/mol. The summed E-state index contributed by atoms with van der Waals surface area (Å²) < 4.78 is 4.81. The predicted octanol–water partition coefficient (Wildman–Crippen LogP) is 2.66. The number of hydrogen-bond donors (Lipinski definition) is 1. The lowest BCUT2D eigenvalue weighted by atomic mass is 9.95. The van der Waals surface area contributed by atoms with E-state index in [4.69, 9.17) is 27.9 Å². The Morgan fingerprint density at radius 1 is 1.53 bits per heavy atom. The van der Waals surface area contributed by atoms with Crippen LogP contribution in [0.4, 0.5) is 0 Å². The largest absolute Gasteiger partial charge is 0.508 e. The van der Waals surface area contributed by atoms with Crippen LogP contribution in [0.5, 0.6) is 5.75 Å². The van der Waals surface area contributed by atoms with E-state index in [0.717, 1.165) is 13.0 Å². The number of hydrogen-bond acceptors (Lipinski definition) is 4. The van der Waals surface area contributed by atoms with Crippen LogP contribution in [0.15, 0.2) is 12.1 Å². The van der Waals surface area contributed by atoms with Crippen molar-refractivity contribution in [3.05, 3.63) is 27.7 Å². The Kier molecular flexibility index (Phi) is 4.55. The molecule has 0 saturated carbocycles. The molecule has 0 radical (unpaired) electrons. The lowest BCUT2D eigenvalue weighted by Gasteiger charge is -2.17. The fourth-order valence-corrected chi connectivity index (χ4v) is 3.06. The third-order valence-electron chi connectivity index (χ3n) is 3.56. The molecule has 4 nitrogen and oxygen atoms in total. The minimum Gasteiger partial charge on any atom is -0.508 e. The maximum atomic E-state index is 10.3. The van der Waals surface area contributed by atoms with E-state index >= 15 is 0 Å². The van der Waals surface area contributed by atoms with Gasteiger partial charge >= 0.3 is 0 Å². The van der Waals surface area contributed by atoms with E-state index in [9.17, 15) is 9.90 Å². The van der Waals surface area contributed by atoms with E-state index < -0.39 is 0 Å². The van der Waals surface area contributed by atoms with Gasteiger partial charge in [-0.2, -0.15) is 0 Å². The maximum absolute atomic E-state index is 10.3. The first-order chi connectivity index (χ1) is 9.04. The van der Waals surface area contributed by atoms with Crippen molar-refractivity contribution < 1.29 is 14.6 Å². The Hall–Kier alpha value is -0.970. The predicted molar refractivity (Wildman–Crippen MR) is 73.9 cm³/mol. The van der Waals surface area contributed by atoms with Crippen molar-refractivity contribution in [2.75, 3.05) is 20.2 Å². The number of aromatic hydroxyl groups is 1. The van der Waals surface area contributed by atoms with Gasteiger partial charge in [0.2, 0.25) is 0 Å². The van der Waals surface area contributed by atoms with E-state index in [1.54, 1.807) is 12.1 Å². The van der Waals surface area contributed by atoms with Gasteiger partial charge < -0.3 is 9.84 Å². The number of likely N-dealkylation sites (N-methyl/N-ethyl adjacent to an activating group) is 1. The molecule has 1 aliphatic heterocycles. The lowest BCUT2D eigenvalue weighted by molar-refractivity contribution is -0.129. The number of halogens is 2. The first kappa shape index (κ1) is 14.4. The van der Waals surface area contributed by atoms with E-state index in [0.29, 0.717) is 28.7 Å². The second-order valence-electron chi connectivity index (χ2n) is 4.75. The fraction of sp³-hybridized carbons (Fsp3) is 0.462. The summed E-state index contributed by atoms with van der Waals surface area (Å²) in [7, 11) is 1.95. The Labute approximate surface area is 121 Å². The molecule has 0 aromatic heterocycles. The number of rotatable bonds is 4. The molecule has 0 aliphatic carbocycles. The normalized spacial score (nSPS) is 23.5. The number of carbonyl (C=O) groups is 1. The number of ether oxygens (including phenoxy) is 1. The van der Waals surface area contributed by atoms with Crippen molar-refractivity contribution in [2.45, 2.75) is 18.4 Å². The maximum Gasteiger partial charge on any atom is 0.293 e. The molecule has 1 aromatic rings. The third kappa shape index (κ3) is 2.96. The molecule has 0 amide bonds. The van der Waals surface area contributed by atoms with Crippen LogP contribution < -0.4 is 0 Å². The molecule has 1 aliphatic rings. The van der Waals surface area contributed by atoms with Crippen molar-refractivity contribution in [3.63, 3.8) is 0 Å². The Balaban J connectivity index is 2.20. The summed E-state index contributed by atoms with van der Waals surface area (Å²) in [5.74, 6) is 0.237. The highest BCUT2D eigenvalue weighted by atomic mass is 35.5. The van der Waals surface area contributed by atoms with Gasteiger partial charge in [0, 0.05) is 24.1 Å². The summed E-state index contributed by atoms with van der Waals surface area (Å²) in [5.41, 5.74) is 0.676. The molecule has 1 N–H and O–H groups in total. The molecule has 2 rings (SSSR count). The number of phenols is 1. The minimum atomic E-state index is 0.0800. The van der Waals surface area contributed by atoms with Crippen molar-refractivity contribution in [1.29, 1.82) is 0 Å². The zero-order valence-electron chi connectivity index (χ0n) is 10.5. The first-order valence-corrected chi connectivity index (χ1v) is 6.72. The summed E-state index contributed by atoms with van der Waals surface area (Å²) in [6, 6.07) is 3.26. The van der Waals surface area contributed by atoms with Gasteiger partial charge in [-0.25, -0.2) is 0 Å². The van der Waals surface area contributed by atoms with Gasteiger partial charge in [0.05, 0.1) is 10.0 Å². The molecule has 19 heavy (non-hydrogen) atoms. The SMILES string of the molecule is CN1CC(c2c(O)ccc(Cl)c2Cl)CC1COC=O. The van der Waals surface area contributed by atoms with Crippen molar-refractivity contribution >= 4 is 29.7 Å². The topological polar surface area (TPSA) is 49.8 Å². The highest BCUT2D eigenvalue weighted by Gasteiger charge is 2.33. The fourth-order valence-electron chi connectivity index (χ4n) is 2.58. The smallest absolute Gasteiger partial charge is 0.293 e. The summed E-state index contributed by atoms with van der Waals surface area (Å²) in [6.45, 7) is 1.53. The molecule has 0 bridgehead atoms. The van der Waals surface area contributed by atoms with Gasteiger partial charge in [0.25, 0.3) is 6.47 Å². The quantitative estimate of drug-likeness (QED) is 0.869. The van der Waals surface area contributed by atoms with Crippen molar-refractivity contribution in [2.24, 2.45) is 0 Å². The van der Waals surface area contributed by atoms with Crippen LogP contribution in [0.2, 0.25) is 10.0 Å². The Bertz CT molecular complexity index is 481. The molecular formula is C13H15Cl2NO3. The van der Waals surface area contributed by atoms with E-state index in [2.05, 4.69) is 4.90 Å². The molecule has 0 spiro atoms. The second kappa shape index (κ2) is 5.99. The summed E-state index contributed by atoms with van der Waals surface area (Å²) in [6.07, 6.45) is 0.762. The zero-order chi connectivity index (χ0) is 14.0. The van der Waals surface area contributed by atoms with Crippen molar-refractivity contribution in [1.82, 2.24) is 4.90 Å². The minimum absolute atomic E-state index is 0.0800. The monoisotopic (exact) mass is 303 g/mol. The van der Waals surface area contributed by atoms with Gasteiger partial charge in [0.15, 0.2) is 0 Å². The summed E-state index contributed by atoms with van der Waals surface area (Å²) in [5, 5.41) is 10.8. The van der Waals surface area contributed by atoms with Gasteiger partial charge in [-0.05, 0) is 25.6 Å². The lowest BCUT2D eigenvalue weighted by Crippen LogP contribution is -2.29. The molecule has 2 unspecified atom stereocenters. The molecule has 1 heterocycles. The molecule has 1 aromatic carbocycles. The average molecular weight is 304 g/mol. The van der Waals surface area contributed by atoms with Gasteiger partial charge in [0.1, 0.15) is 12.4 Å². The summed E-state index contributed by atoms with van der Waals surface area (Å²) >= 11 is 12.2. The van der Waals surface area contributed by atoms with Crippen LogP contribution in [0.1, 0.15) is 17.9 Å². The van der Waals surface area contributed by atoms with Gasteiger partial charge in [-0.15, -0.1) is 0 Å². The van der Waals surface area contributed by atoms with Crippen molar-refractivity contribution in [3.8, 4) is 5.75 Å². The average Bonchev–Trinajstić information content (AvgIpc) is 2.73. The van der Waals surface area contributed by atoms with Crippen LogP contribution in [0, 0.1) is 0 Å². The number of nitrogens with zero attached hydrogens (tertiary/aromatic N) is 1. The number of benzene rings is 1. The Morgan fingerprint density at radius 3 is 2.95 bits per heavy atom. The van der Waals surface area contributed by atoms with Crippen LogP contribution in [0.3, 0.4) is 0 Å². The van der Waals surface area contributed by atoms with Gasteiger partial charge in [-0.3, -0.25) is 9.69 Å². The second-order valence-corrected chi connectivity index (χ2v) is 5.53.